The zero-order valence-corrected chi connectivity index (χ0v) is 10.8. The van der Waals surface area contributed by atoms with Crippen molar-refractivity contribution in [1.29, 1.82) is 0 Å². The van der Waals surface area contributed by atoms with Crippen LogP contribution in [-0.4, -0.2) is 22.6 Å². The van der Waals surface area contributed by atoms with Gasteiger partial charge in [-0.1, -0.05) is 12.8 Å². The van der Waals surface area contributed by atoms with Crippen LogP contribution in [0.2, 0.25) is 0 Å². The van der Waals surface area contributed by atoms with Crippen LogP contribution in [0.15, 0.2) is 5.38 Å². The molecule has 94 valence electrons. The minimum atomic E-state index is -0.749. The minimum absolute atomic E-state index is 0.0611. The monoisotopic (exact) mass is 254 g/mol. The topological polar surface area (TPSA) is 62.2 Å². The second-order valence-electron chi connectivity index (χ2n) is 4.65. The van der Waals surface area contributed by atoms with E-state index in [9.17, 15) is 4.79 Å². The van der Waals surface area contributed by atoms with E-state index in [4.69, 9.17) is 5.11 Å². The lowest BCUT2D eigenvalue weighted by Gasteiger charge is -2.28. The van der Waals surface area contributed by atoms with Gasteiger partial charge in [0.1, 0.15) is 5.01 Å². The fourth-order valence-corrected chi connectivity index (χ4v) is 3.46. The summed E-state index contributed by atoms with van der Waals surface area (Å²) in [7, 11) is 0. The number of hydrogen-bond acceptors (Lipinski definition) is 4. The molecule has 17 heavy (non-hydrogen) atoms. The molecule has 1 aromatic rings. The molecule has 1 aliphatic rings. The number of nitrogens with one attached hydrogen (secondary N) is 1. The molecule has 0 radical (unpaired) electrons. The van der Waals surface area contributed by atoms with Gasteiger partial charge in [0.2, 0.25) is 0 Å². The third kappa shape index (κ3) is 2.84. The van der Waals surface area contributed by atoms with Gasteiger partial charge < -0.3 is 10.4 Å². The van der Waals surface area contributed by atoms with E-state index < -0.39 is 5.97 Å². The minimum Gasteiger partial charge on any atom is -0.481 e. The van der Waals surface area contributed by atoms with E-state index in [0.29, 0.717) is 6.54 Å². The molecule has 5 heteroatoms. The SMILES string of the molecule is Cc1csc(C2(NCCC(=O)O)CCCC2)n1. The van der Waals surface area contributed by atoms with Crippen LogP contribution >= 0.6 is 11.3 Å². The molecule has 1 fully saturated rings. The van der Waals surface area contributed by atoms with Gasteiger partial charge in [-0.3, -0.25) is 4.79 Å². The van der Waals surface area contributed by atoms with Gasteiger partial charge in [-0.2, -0.15) is 0 Å². The summed E-state index contributed by atoms with van der Waals surface area (Å²) in [6, 6.07) is 0. The van der Waals surface area contributed by atoms with Crippen LogP contribution in [0, 0.1) is 6.92 Å². The van der Waals surface area contributed by atoms with Gasteiger partial charge in [0.15, 0.2) is 0 Å². The number of carbonyl (C=O) groups is 1. The maximum Gasteiger partial charge on any atom is 0.304 e. The van der Waals surface area contributed by atoms with E-state index in [1.54, 1.807) is 11.3 Å². The standard InChI is InChI=1S/C12H18N2O2S/c1-9-8-17-11(14-9)12(5-2-3-6-12)13-7-4-10(15)16/h8,13H,2-7H2,1H3,(H,15,16). The molecule has 1 aromatic heterocycles. The fourth-order valence-electron chi connectivity index (χ4n) is 2.43. The number of aryl methyl sites for hydroxylation is 1. The first-order chi connectivity index (χ1) is 8.12. The number of carboxylic acid groups (broad SMARTS) is 1. The molecule has 1 heterocycles. The van der Waals surface area contributed by atoms with Crippen LogP contribution in [-0.2, 0) is 10.3 Å². The summed E-state index contributed by atoms with van der Waals surface area (Å²) in [5.41, 5.74) is 0.991. The largest absolute Gasteiger partial charge is 0.481 e. The van der Waals surface area contributed by atoms with Crippen LogP contribution in [0.25, 0.3) is 0 Å². The Morgan fingerprint density at radius 2 is 2.29 bits per heavy atom. The second kappa shape index (κ2) is 5.14. The van der Waals surface area contributed by atoms with Crippen LogP contribution < -0.4 is 5.32 Å². The first kappa shape index (κ1) is 12.5. The van der Waals surface area contributed by atoms with Gasteiger partial charge in [0.05, 0.1) is 12.0 Å². The van der Waals surface area contributed by atoms with Gasteiger partial charge >= 0.3 is 5.97 Å². The van der Waals surface area contributed by atoms with Crippen molar-refractivity contribution >= 4 is 17.3 Å². The number of carboxylic acids is 1. The van der Waals surface area contributed by atoms with Crippen molar-refractivity contribution in [1.82, 2.24) is 10.3 Å². The van der Waals surface area contributed by atoms with Crippen molar-refractivity contribution in [3.05, 3.63) is 16.1 Å². The number of hydrogen-bond donors (Lipinski definition) is 2. The van der Waals surface area contributed by atoms with Crippen LogP contribution in [0.3, 0.4) is 0 Å². The van der Waals surface area contributed by atoms with E-state index >= 15 is 0 Å². The molecule has 4 nitrogen and oxygen atoms in total. The average Bonchev–Trinajstić information content (AvgIpc) is 2.87. The van der Waals surface area contributed by atoms with Crippen molar-refractivity contribution in [3.8, 4) is 0 Å². The Balaban J connectivity index is 2.07. The summed E-state index contributed by atoms with van der Waals surface area (Å²) < 4.78 is 0. The highest BCUT2D eigenvalue weighted by molar-refractivity contribution is 7.09. The molecule has 0 aromatic carbocycles. The van der Waals surface area contributed by atoms with Crippen molar-refractivity contribution in [3.63, 3.8) is 0 Å². The zero-order valence-electron chi connectivity index (χ0n) is 10.0. The lowest BCUT2D eigenvalue weighted by atomic mass is 9.98. The van der Waals surface area contributed by atoms with Crippen molar-refractivity contribution in [2.24, 2.45) is 0 Å². The lowest BCUT2D eigenvalue weighted by Crippen LogP contribution is -2.40. The average molecular weight is 254 g/mol. The van der Waals surface area contributed by atoms with Gasteiger partial charge in [0, 0.05) is 17.6 Å². The molecule has 2 N–H and O–H groups in total. The number of rotatable bonds is 5. The van der Waals surface area contributed by atoms with Crippen LogP contribution in [0.1, 0.15) is 42.8 Å². The van der Waals surface area contributed by atoms with E-state index in [1.165, 1.54) is 12.8 Å². The summed E-state index contributed by atoms with van der Waals surface area (Å²) in [4.78, 5) is 15.1. The Hall–Kier alpha value is -0.940. The summed E-state index contributed by atoms with van der Waals surface area (Å²) in [5.74, 6) is -0.749. The highest BCUT2D eigenvalue weighted by Crippen LogP contribution is 2.39. The van der Waals surface area contributed by atoms with Crippen molar-refractivity contribution in [2.45, 2.75) is 44.6 Å². The Morgan fingerprint density at radius 1 is 1.59 bits per heavy atom. The molecule has 1 aliphatic carbocycles. The normalized spacial score (nSPS) is 18.4. The van der Waals surface area contributed by atoms with E-state index in [-0.39, 0.29) is 12.0 Å². The molecule has 0 atom stereocenters. The number of aromatic nitrogens is 1. The first-order valence-corrected chi connectivity index (χ1v) is 6.90. The fraction of sp³-hybridized carbons (Fsp3) is 0.667. The molecular formula is C12H18N2O2S. The second-order valence-corrected chi connectivity index (χ2v) is 5.51. The number of nitrogens with zero attached hydrogens (tertiary/aromatic N) is 1. The Morgan fingerprint density at radius 3 is 2.82 bits per heavy atom. The molecule has 2 rings (SSSR count). The highest BCUT2D eigenvalue weighted by Gasteiger charge is 2.37. The molecule has 0 aliphatic heterocycles. The summed E-state index contributed by atoms with van der Waals surface area (Å²) in [6.07, 6.45) is 4.70. The van der Waals surface area contributed by atoms with Gasteiger partial charge in [0.25, 0.3) is 0 Å². The van der Waals surface area contributed by atoms with Crippen LogP contribution in [0.5, 0.6) is 0 Å². The van der Waals surface area contributed by atoms with Crippen molar-refractivity contribution in [2.75, 3.05) is 6.54 Å². The summed E-state index contributed by atoms with van der Waals surface area (Å²) >= 11 is 1.68. The smallest absolute Gasteiger partial charge is 0.304 e. The molecule has 1 saturated carbocycles. The quantitative estimate of drug-likeness (QED) is 0.846. The molecule has 0 spiro atoms. The van der Waals surface area contributed by atoms with Gasteiger partial charge in [-0.25, -0.2) is 4.98 Å². The number of thiazole rings is 1. The molecular weight excluding hydrogens is 236 g/mol. The first-order valence-electron chi connectivity index (χ1n) is 6.02. The molecule has 0 bridgehead atoms. The predicted octanol–water partition coefficient (Wildman–Crippen LogP) is 2.29. The summed E-state index contributed by atoms with van der Waals surface area (Å²) in [5, 5.41) is 15.3. The predicted molar refractivity (Wildman–Crippen MR) is 67.3 cm³/mol. The summed E-state index contributed by atoms with van der Waals surface area (Å²) in [6.45, 7) is 2.52. The third-order valence-corrected chi connectivity index (χ3v) is 4.45. The Bertz CT molecular complexity index is 397. The van der Waals surface area contributed by atoms with Crippen LogP contribution in [0.4, 0.5) is 0 Å². The lowest BCUT2D eigenvalue weighted by molar-refractivity contribution is -0.136. The maximum atomic E-state index is 10.6. The Kier molecular flexibility index (Phi) is 3.79. The van der Waals surface area contributed by atoms with Gasteiger partial charge in [-0.15, -0.1) is 11.3 Å². The van der Waals surface area contributed by atoms with E-state index in [2.05, 4.69) is 15.7 Å². The van der Waals surface area contributed by atoms with E-state index in [1.807, 2.05) is 6.92 Å². The van der Waals surface area contributed by atoms with Crippen molar-refractivity contribution < 1.29 is 9.90 Å². The third-order valence-electron chi connectivity index (χ3n) is 3.29. The van der Waals surface area contributed by atoms with E-state index in [0.717, 1.165) is 23.5 Å². The number of aliphatic carboxylic acids is 1. The molecule has 0 saturated heterocycles. The zero-order chi connectivity index (χ0) is 12.3. The molecule has 0 unspecified atom stereocenters. The maximum absolute atomic E-state index is 10.6. The highest BCUT2D eigenvalue weighted by atomic mass is 32.1. The van der Waals surface area contributed by atoms with Gasteiger partial charge in [-0.05, 0) is 19.8 Å². The Labute approximate surface area is 105 Å². The molecule has 0 amide bonds.